The maximum atomic E-state index is 11.6. The molecule has 4 rings (SSSR count). The van der Waals surface area contributed by atoms with Crippen LogP contribution in [-0.2, 0) is 17.6 Å². The highest BCUT2D eigenvalue weighted by Gasteiger charge is 2.30. The second-order valence-corrected chi connectivity index (χ2v) is 10.6. The minimum Gasteiger partial charge on any atom is -0.497 e. The van der Waals surface area contributed by atoms with Gasteiger partial charge in [0.25, 0.3) is 0 Å². The fourth-order valence-corrected chi connectivity index (χ4v) is 6.35. The molecule has 0 bridgehead atoms. The normalized spacial score (nSPS) is 18.9. The maximum Gasteiger partial charge on any atom is 0.303 e. The Balaban J connectivity index is 1.31. The van der Waals surface area contributed by atoms with Gasteiger partial charge in [0, 0.05) is 29.4 Å². The molecule has 34 heavy (non-hydrogen) atoms. The SMILES string of the molecule is COc1ccc2nccc(CCC[C@@H]3CCN(CCCc4sccc4C)C[C@@H]3CC(=O)O)c2c1. The van der Waals surface area contributed by atoms with E-state index in [9.17, 15) is 9.90 Å². The summed E-state index contributed by atoms with van der Waals surface area (Å²) < 4.78 is 5.41. The number of pyridine rings is 1. The third kappa shape index (κ3) is 6.36. The van der Waals surface area contributed by atoms with Crippen LogP contribution in [0.15, 0.2) is 41.9 Å². The van der Waals surface area contributed by atoms with Gasteiger partial charge in [0.05, 0.1) is 12.6 Å². The number of thiophene rings is 1. The summed E-state index contributed by atoms with van der Waals surface area (Å²) in [6.07, 6.45) is 8.65. The average Bonchev–Trinajstić information content (AvgIpc) is 3.24. The molecule has 5 nitrogen and oxygen atoms in total. The summed E-state index contributed by atoms with van der Waals surface area (Å²) in [5.41, 5.74) is 3.68. The number of aryl methyl sites for hydroxylation is 3. The molecule has 3 aromatic rings. The van der Waals surface area contributed by atoms with E-state index >= 15 is 0 Å². The molecule has 182 valence electrons. The van der Waals surface area contributed by atoms with Crippen molar-refractivity contribution in [1.29, 1.82) is 0 Å². The molecule has 1 aliphatic heterocycles. The minimum absolute atomic E-state index is 0.240. The number of carbonyl (C=O) groups is 1. The lowest BCUT2D eigenvalue weighted by atomic mass is 9.79. The number of ether oxygens (including phenoxy) is 1. The largest absolute Gasteiger partial charge is 0.497 e. The molecule has 0 spiro atoms. The number of rotatable bonds is 11. The number of hydrogen-bond donors (Lipinski definition) is 1. The predicted molar refractivity (Wildman–Crippen MR) is 139 cm³/mol. The van der Waals surface area contributed by atoms with E-state index in [4.69, 9.17) is 4.74 Å². The van der Waals surface area contributed by atoms with Crippen LogP contribution in [0.5, 0.6) is 5.75 Å². The zero-order chi connectivity index (χ0) is 23.9. The number of carboxylic acid groups (broad SMARTS) is 1. The summed E-state index contributed by atoms with van der Waals surface area (Å²) in [5, 5.41) is 12.9. The lowest BCUT2D eigenvalue weighted by molar-refractivity contribution is -0.139. The van der Waals surface area contributed by atoms with Gasteiger partial charge in [-0.2, -0.15) is 0 Å². The van der Waals surface area contributed by atoms with E-state index in [-0.39, 0.29) is 12.3 Å². The number of aliphatic carboxylic acids is 1. The molecular formula is C28H36N2O3S. The van der Waals surface area contributed by atoms with E-state index in [1.807, 2.05) is 29.7 Å². The summed E-state index contributed by atoms with van der Waals surface area (Å²) in [4.78, 5) is 20.1. The highest BCUT2D eigenvalue weighted by molar-refractivity contribution is 7.10. The Hall–Kier alpha value is -2.44. The van der Waals surface area contributed by atoms with Gasteiger partial charge in [-0.3, -0.25) is 9.78 Å². The van der Waals surface area contributed by atoms with Gasteiger partial charge in [0.15, 0.2) is 0 Å². The van der Waals surface area contributed by atoms with Gasteiger partial charge >= 0.3 is 5.97 Å². The second-order valence-electron chi connectivity index (χ2n) is 9.58. The van der Waals surface area contributed by atoms with Crippen molar-refractivity contribution >= 4 is 28.2 Å². The molecule has 0 unspecified atom stereocenters. The van der Waals surface area contributed by atoms with Gasteiger partial charge in [0.1, 0.15) is 5.75 Å². The van der Waals surface area contributed by atoms with Crippen LogP contribution in [-0.4, -0.2) is 47.7 Å². The van der Waals surface area contributed by atoms with Crippen LogP contribution in [0.4, 0.5) is 0 Å². The standard InChI is InChI=1S/C28H36N2O3S/c1-20-12-16-34-27(20)7-4-14-30-15-11-21(23(19-30)17-28(31)32)5-3-6-22-10-13-29-26-9-8-24(33-2)18-25(22)26/h8-10,12-13,16,18,21,23H,3-7,11,14-15,17,19H2,1-2H3,(H,31,32)/t21-,23+/m1/s1. The number of methoxy groups -OCH3 is 1. The molecule has 1 fully saturated rings. The zero-order valence-corrected chi connectivity index (χ0v) is 21.2. The molecule has 0 radical (unpaired) electrons. The fourth-order valence-electron chi connectivity index (χ4n) is 5.40. The molecule has 2 aromatic heterocycles. The lowest BCUT2D eigenvalue weighted by Crippen LogP contribution is -2.41. The summed E-state index contributed by atoms with van der Waals surface area (Å²) in [6.45, 7) is 5.24. The highest BCUT2D eigenvalue weighted by atomic mass is 32.1. The number of aromatic nitrogens is 1. The number of benzene rings is 1. The number of nitrogens with zero attached hydrogens (tertiary/aromatic N) is 2. The Morgan fingerprint density at radius 3 is 2.85 bits per heavy atom. The Labute approximate surface area is 206 Å². The van der Waals surface area contributed by atoms with E-state index in [1.165, 1.54) is 16.0 Å². The van der Waals surface area contributed by atoms with Gasteiger partial charge in [-0.25, -0.2) is 0 Å². The van der Waals surface area contributed by atoms with Gasteiger partial charge in [-0.05, 0) is 117 Å². The molecule has 0 saturated carbocycles. The first-order valence-electron chi connectivity index (χ1n) is 12.4. The van der Waals surface area contributed by atoms with Crippen molar-refractivity contribution in [1.82, 2.24) is 9.88 Å². The van der Waals surface area contributed by atoms with Crippen molar-refractivity contribution in [2.24, 2.45) is 11.8 Å². The van der Waals surface area contributed by atoms with Crippen LogP contribution in [0.2, 0.25) is 0 Å². The molecule has 1 saturated heterocycles. The molecule has 3 heterocycles. The van der Waals surface area contributed by atoms with Gasteiger partial charge in [-0.15, -0.1) is 11.3 Å². The van der Waals surface area contributed by atoms with E-state index in [0.717, 1.165) is 74.8 Å². The van der Waals surface area contributed by atoms with Crippen molar-refractivity contribution < 1.29 is 14.6 Å². The van der Waals surface area contributed by atoms with Crippen molar-refractivity contribution in [2.45, 2.75) is 51.9 Å². The minimum atomic E-state index is -0.668. The monoisotopic (exact) mass is 480 g/mol. The zero-order valence-electron chi connectivity index (χ0n) is 20.3. The number of carboxylic acids is 1. The molecule has 0 amide bonds. The molecule has 2 atom stereocenters. The van der Waals surface area contributed by atoms with E-state index in [1.54, 1.807) is 7.11 Å². The molecule has 1 aliphatic rings. The third-order valence-electron chi connectivity index (χ3n) is 7.32. The number of hydrogen-bond acceptors (Lipinski definition) is 5. The van der Waals surface area contributed by atoms with E-state index in [0.29, 0.717) is 5.92 Å². The summed E-state index contributed by atoms with van der Waals surface area (Å²) in [6, 6.07) is 10.3. The first kappa shape index (κ1) is 24.7. The first-order chi connectivity index (χ1) is 16.5. The Morgan fingerprint density at radius 2 is 2.09 bits per heavy atom. The molecule has 1 N–H and O–H groups in total. The Bertz CT molecular complexity index is 1100. The first-order valence-corrected chi connectivity index (χ1v) is 13.3. The number of likely N-dealkylation sites (tertiary alicyclic amines) is 1. The van der Waals surface area contributed by atoms with Gasteiger partial charge in [-0.1, -0.05) is 0 Å². The lowest BCUT2D eigenvalue weighted by Gasteiger charge is -2.38. The average molecular weight is 481 g/mol. The molecule has 1 aromatic carbocycles. The second kappa shape index (κ2) is 11.8. The van der Waals surface area contributed by atoms with Crippen LogP contribution in [0.25, 0.3) is 10.9 Å². The van der Waals surface area contributed by atoms with Crippen LogP contribution in [0.1, 0.15) is 48.1 Å². The van der Waals surface area contributed by atoms with Crippen molar-refractivity contribution in [3.63, 3.8) is 0 Å². The predicted octanol–water partition coefficient (Wildman–Crippen LogP) is 5.98. The van der Waals surface area contributed by atoms with Crippen LogP contribution in [0.3, 0.4) is 0 Å². The summed E-state index contributed by atoms with van der Waals surface area (Å²) in [7, 11) is 1.69. The number of piperidine rings is 1. The van der Waals surface area contributed by atoms with Crippen LogP contribution >= 0.6 is 11.3 Å². The van der Waals surface area contributed by atoms with Gasteiger partial charge in [0.2, 0.25) is 0 Å². The highest BCUT2D eigenvalue weighted by Crippen LogP contribution is 2.32. The Kier molecular flexibility index (Phi) is 8.57. The van der Waals surface area contributed by atoms with Crippen molar-refractivity contribution in [3.05, 3.63) is 57.9 Å². The third-order valence-corrected chi connectivity index (χ3v) is 8.40. The van der Waals surface area contributed by atoms with E-state index in [2.05, 4.69) is 40.4 Å². The topological polar surface area (TPSA) is 62.7 Å². The smallest absolute Gasteiger partial charge is 0.303 e. The van der Waals surface area contributed by atoms with E-state index < -0.39 is 5.97 Å². The van der Waals surface area contributed by atoms with Crippen LogP contribution < -0.4 is 4.74 Å². The fraction of sp³-hybridized carbons (Fsp3) is 0.500. The Morgan fingerprint density at radius 1 is 1.21 bits per heavy atom. The summed E-state index contributed by atoms with van der Waals surface area (Å²) in [5.74, 6) is 0.904. The molecule has 6 heteroatoms. The van der Waals surface area contributed by atoms with Crippen molar-refractivity contribution in [2.75, 3.05) is 26.7 Å². The maximum absolute atomic E-state index is 11.6. The van der Waals surface area contributed by atoms with Gasteiger partial charge < -0.3 is 14.7 Å². The van der Waals surface area contributed by atoms with Crippen molar-refractivity contribution in [3.8, 4) is 5.75 Å². The van der Waals surface area contributed by atoms with Crippen LogP contribution in [0, 0.1) is 18.8 Å². The quantitative estimate of drug-likeness (QED) is 0.366. The number of fused-ring (bicyclic) bond motifs is 1. The summed E-state index contributed by atoms with van der Waals surface area (Å²) >= 11 is 1.85. The molecule has 0 aliphatic carbocycles. The molecular weight excluding hydrogens is 444 g/mol.